The van der Waals surface area contributed by atoms with Crippen LogP contribution in [-0.2, 0) is 0 Å². The van der Waals surface area contributed by atoms with E-state index >= 15 is 0 Å². The molecule has 0 unspecified atom stereocenters. The van der Waals surface area contributed by atoms with Gasteiger partial charge in [0.2, 0.25) is 0 Å². The molecule has 0 heteroatoms. The molecule has 15 rings (SSSR count). The fourth-order valence-electron chi connectivity index (χ4n) is 11.9. The van der Waals surface area contributed by atoms with Crippen LogP contribution in [0.25, 0.3) is 111 Å². The Morgan fingerprint density at radius 1 is 0.115 bits per heavy atom. The Kier molecular flexibility index (Phi) is 22.8. The number of hydrogen-bond donors (Lipinski definition) is 0. The molecule has 0 aliphatic heterocycles. The third-order valence-electron chi connectivity index (χ3n) is 17.1. The van der Waals surface area contributed by atoms with Gasteiger partial charge in [-0.2, -0.15) is 0 Å². The zero-order valence-corrected chi connectivity index (χ0v) is 56.0. The minimum Gasteiger partial charge on any atom is -0.0622 e. The van der Waals surface area contributed by atoms with Gasteiger partial charge in [0, 0.05) is 0 Å². The maximum Gasteiger partial charge on any atom is -0.0154 e. The zero-order valence-electron chi connectivity index (χ0n) is 56.0. The number of hydrogen-bond acceptors (Lipinski definition) is 0. The van der Waals surface area contributed by atoms with Crippen LogP contribution >= 0.6 is 0 Å². The highest BCUT2D eigenvalue weighted by molar-refractivity contribution is 5.82. The Labute approximate surface area is 570 Å². The van der Waals surface area contributed by atoms with Crippen molar-refractivity contribution in [3.63, 3.8) is 0 Å². The molecule has 0 radical (unpaired) electrons. The zero-order chi connectivity index (χ0) is 66.3. The average molecular weight is 1240 g/mol. The summed E-state index contributed by atoms with van der Waals surface area (Å²) in [7, 11) is 0. The van der Waals surface area contributed by atoms with Crippen LogP contribution in [0.5, 0.6) is 0 Å². The van der Waals surface area contributed by atoms with Crippen molar-refractivity contribution in [2.24, 2.45) is 0 Å². The first kappa shape index (κ1) is 65.8. The van der Waals surface area contributed by atoms with E-state index in [0.717, 1.165) is 0 Å². The molecule has 15 aromatic carbocycles. The molecule has 0 saturated carbocycles. The Morgan fingerprint density at radius 3 is 0.667 bits per heavy atom. The average Bonchev–Trinajstić information content (AvgIpc) is 0.865. The number of aryl methyl sites for hydroxylation is 6. The molecule has 15 aromatic rings. The second-order valence-electron chi connectivity index (χ2n) is 24.5. The van der Waals surface area contributed by atoms with Crippen molar-refractivity contribution in [3.8, 4) is 111 Å². The first-order chi connectivity index (χ1) is 47.1. The molecule has 0 N–H and O–H groups in total. The molecule has 0 nitrogen and oxygen atoms in total. The molecule has 0 atom stereocenters. The van der Waals surface area contributed by atoms with Gasteiger partial charge in [-0.1, -0.05) is 369 Å². The third-order valence-corrected chi connectivity index (χ3v) is 17.1. The normalized spacial score (nSPS) is 10.4. The fraction of sp³-hybridized carbons (Fsp3) is 0.0625. The van der Waals surface area contributed by atoms with Crippen LogP contribution in [0.15, 0.2) is 388 Å². The molecule has 0 saturated heterocycles. The van der Waals surface area contributed by atoms with Gasteiger partial charge in [-0.15, -0.1) is 0 Å². The van der Waals surface area contributed by atoms with Crippen LogP contribution in [0.1, 0.15) is 33.4 Å². The summed E-state index contributed by atoms with van der Waals surface area (Å²) in [6, 6.07) is 137. The lowest BCUT2D eigenvalue weighted by molar-refractivity contribution is 1.34. The molecule has 0 spiro atoms. The Balaban J connectivity index is 0.000000123. The van der Waals surface area contributed by atoms with Crippen molar-refractivity contribution in [1.29, 1.82) is 0 Å². The van der Waals surface area contributed by atoms with Crippen LogP contribution in [0.3, 0.4) is 0 Å². The molecular formula is C96H82. The first-order valence-corrected chi connectivity index (χ1v) is 33.2. The van der Waals surface area contributed by atoms with Crippen molar-refractivity contribution in [3.05, 3.63) is 422 Å². The quantitative estimate of drug-likeness (QED) is 0.128. The minimum absolute atomic E-state index is 1.24. The Hall–Kier alpha value is -11.7. The molecule has 0 aliphatic rings. The van der Waals surface area contributed by atoms with Gasteiger partial charge in [-0.05, 0) is 205 Å². The molecule has 0 amide bonds. The van der Waals surface area contributed by atoms with Crippen molar-refractivity contribution in [1.82, 2.24) is 0 Å². The van der Waals surface area contributed by atoms with E-state index in [4.69, 9.17) is 0 Å². The molecule has 0 aromatic heterocycles. The van der Waals surface area contributed by atoms with E-state index < -0.39 is 0 Å². The number of benzene rings is 15. The van der Waals surface area contributed by atoms with Crippen molar-refractivity contribution in [2.75, 3.05) is 0 Å². The summed E-state index contributed by atoms with van der Waals surface area (Å²) < 4.78 is 0. The van der Waals surface area contributed by atoms with Crippen molar-refractivity contribution in [2.45, 2.75) is 41.5 Å². The standard InChI is InChI=1S/C25H20.3C19H16.C14H14/c1-19-9-8-14-22(15-19)25-17-23(20-10-4-2-5-11-20)16-24(18-25)21-12-6-3-7-13-21;1-15-12-18(16-8-4-2-5-9-16)14-19(13-15)17-10-6-3-7-11-17;1-15-14-18(16-8-4-2-5-9-16)12-13-19(15)17-10-6-3-7-11-17;1-15-7-5-10-17(13-15)19-12-6-11-18(14-19)16-8-3-2-4-9-16;1-11-8-9-14(10-12(11)2)13-6-4-3-5-7-13/h2-18H,1H3;3*2-14H,1H3;3-10H,1-2H3. The summed E-state index contributed by atoms with van der Waals surface area (Å²) in [4.78, 5) is 0. The van der Waals surface area contributed by atoms with E-state index in [1.165, 1.54) is 145 Å². The van der Waals surface area contributed by atoms with Gasteiger partial charge in [0.15, 0.2) is 0 Å². The SMILES string of the molecule is Cc1cc(-c2ccccc2)cc(-c2ccccc2)c1.Cc1cc(-c2ccccc2)ccc1-c1ccccc1.Cc1ccc(-c2ccccc2)cc1C.Cc1cccc(-c2cc(-c3ccccc3)cc(-c3ccccc3)c2)c1.Cc1cccc(-c2cccc(-c3ccccc3)c2)c1. The van der Waals surface area contributed by atoms with Crippen LogP contribution < -0.4 is 0 Å². The van der Waals surface area contributed by atoms with Gasteiger partial charge < -0.3 is 0 Å². The summed E-state index contributed by atoms with van der Waals surface area (Å²) in [5.41, 5.74) is 33.3. The van der Waals surface area contributed by atoms with E-state index in [1.807, 2.05) is 12.1 Å². The molecular weight excluding hydrogens is 1150 g/mol. The molecule has 0 aliphatic carbocycles. The smallest absolute Gasteiger partial charge is 0.0154 e. The highest BCUT2D eigenvalue weighted by Crippen LogP contribution is 2.35. The van der Waals surface area contributed by atoms with Gasteiger partial charge in [0.1, 0.15) is 0 Å². The third kappa shape index (κ3) is 18.3. The lowest BCUT2D eigenvalue weighted by Gasteiger charge is -2.11. The summed E-state index contributed by atoms with van der Waals surface area (Å²) in [6.07, 6.45) is 0. The predicted octanol–water partition coefficient (Wildman–Crippen LogP) is 27.0. The Morgan fingerprint density at radius 2 is 0.333 bits per heavy atom. The highest BCUT2D eigenvalue weighted by atomic mass is 14.1. The van der Waals surface area contributed by atoms with Crippen LogP contribution in [0.2, 0.25) is 0 Å². The van der Waals surface area contributed by atoms with Crippen LogP contribution in [-0.4, -0.2) is 0 Å². The highest BCUT2D eigenvalue weighted by Gasteiger charge is 2.10. The maximum absolute atomic E-state index is 2.29. The van der Waals surface area contributed by atoms with Crippen LogP contribution in [0, 0.1) is 41.5 Å². The second-order valence-corrected chi connectivity index (χ2v) is 24.5. The minimum atomic E-state index is 1.24. The predicted molar refractivity (Wildman–Crippen MR) is 415 cm³/mol. The van der Waals surface area contributed by atoms with E-state index in [-0.39, 0.29) is 0 Å². The van der Waals surface area contributed by atoms with E-state index in [9.17, 15) is 0 Å². The van der Waals surface area contributed by atoms with Crippen molar-refractivity contribution < 1.29 is 0 Å². The summed E-state index contributed by atoms with van der Waals surface area (Å²) in [5.74, 6) is 0. The molecule has 96 heavy (non-hydrogen) atoms. The van der Waals surface area contributed by atoms with Gasteiger partial charge >= 0.3 is 0 Å². The number of rotatable bonds is 10. The summed E-state index contributed by atoms with van der Waals surface area (Å²) >= 11 is 0. The first-order valence-electron chi connectivity index (χ1n) is 33.2. The van der Waals surface area contributed by atoms with Gasteiger partial charge in [-0.25, -0.2) is 0 Å². The van der Waals surface area contributed by atoms with Gasteiger partial charge in [-0.3, -0.25) is 0 Å². The molecule has 0 fully saturated rings. The fourth-order valence-corrected chi connectivity index (χ4v) is 11.9. The Bertz CT molecular complexity index is 4750. The van der Waals surface area contributed by atoms with Crippen LogP contribution in [0.4, 0.5) is 0 Å². The van der Waals surface area contributed by atoms with E-state index in [2.05, 4.69) is 418 Å². The lowest BCUT2D eigenvalue weighted by Crippen LogP contribution is -1.86. The lowest BCUT2D eigenvalue weighted by atomic mass is 9.93. The van der Waals surface area contributed by atoms with E-state index in [0.29, 0.717) is 0 Å². The molecule has 466 valence electrons. The molecule has 0 heterocycles. The largest absolute Gasteiger partial charge is 0.0622 e. The monoisotopic (exact) mass is 1230 g/mol. The van der Waals surface area contributed by atoms with E-state index in [1.54, 1.807) is 0 Å². The van der Waals surface area contributed by atoms with Gasteiger partial charge in [0.25, 0.3) is 0 Å². The summed E-state index contributed by atoms with van der Waals surface area (Å²) in [5, 5.41) is 0. The maximum atomic E-state index is 2.29. The summed E-state index contributed by atoms with van der Waals surface area (Å²) in [6.45, 7) is 12.9. The second kappa shape index (κ2) is 33.2. The molecule has 0 bridgehead atoms. The topological polar surface area (TPSA) is 0 Å². The van der Waals surface area contributed by atoms with Gasteiger partial charge in [0.05, 0.1) is 0 Å². The van der Waals surface area contributed by atoms with Crippen molar-refractivity contribution >= 4 is 0 Å².